The largest absolute Gasteiger partial charge is 0.459 e. The molecule has 2 aromatic heterocycles. The summed E-state index contributed by atoms with van der Waals surface area (Å²) >= 11 is 0. The average molecular weight is 590 g/mol. The summed E-state index contributed by atoms with van der Waals surface area (Å²) in [6.07, 6.45) is -2.16. The van der Waals surface area contributed by atoms with Gasteiger partial charge in [-0.05, 0) is 36.4 Å². The number of carbonyl (C=O) groups excluding carboxylic acids is 3. The minimum atomic E-state index is -1.26. The molecule has 1 aliphatic heterocycles. The van der Waals surface area contributed by atoms with Crippen molar-refractivity contribution < 1.29 is 33.3 Å². The number of hydrogen-bond acceptors (Lipinski definition) is 11. The third-order valence-corrected chi connectivity index (χ3v) is 6.92. The number of ether oxygens (including phenoxy) is 4. The number of benzene rings is 3. The average Bonchev–Trinajstić information content (AvgIpc) is 3.65. The van der Waals surface area contributed by atoms with Gasteiger partial charge in [-0.1, -0.05) is 54.6 Å². The lowest BCUT2D eigenvalue weighted by atomic mass is 10.1. The number of esters is 3. The fraction of sp³-hybridized carbons (Fsp3) is 0.156. The van der Waals surface area contributed by atoms with Crippen LogP contribution in [0.15, 0.2) is 104 Å². The summed E-state index contributed by atoms with van der Waals surface area (Å²) in [7, 11) is 0. The van der Waals surface area contributed by atoms with Gasteiger partial charge in [-0.15, -0.1) is 0 Å². The molecule has 0 N–H and O–H groups in total. The second kappa shape index (κ2) is 12.5. The minimum Gasteiger partial charge on any atom is -0.459 e. The monoisotopic (exact) mass is 589 g/mol. The van der Waals surface area contributed by atoms with E-state index >= 15 is 0 Å². The van der Waals surface area contributed by atoms with Crippen molar-refractivity contribution in [3.8, 4) is 6.07 Å². The van der Waals surface area contributed by atoms with E-state index < -0.39 is 42.4 Å². The molecule has 1 aliphatic rings. The maximum absolute atomic E-state index is 13.3. The topological polar surface area (TPSA) is 156 Å². The van der Waals surface area contributed by atoms with E-state index in [1.165, 1.54) is 17.2 Å². The van der Waals surface area contributed by atoms with E-state index in [0.717, 1.165) is 0 Å². The summed E-state index contributed by atoms with van der Waals surface area (Å²) in [6.45, 7) is -0.346. The Balaban J connectivity index is 1.38. The number of carbonyl (C=O) groups is 3. The van der Waals surface area contributed by atoms with Gasteiger partial charge >= 0.3 is 17.9 Å². The molecule has 1 fully saturated rings. The molecule has 6 rings (SSSR count). The zero-order chi connectivity index (χ0) is 30.5. The van der Waals surface area contributed by atoms with Crippen molar-refractivity contribution in [2.24, 2.45) is 0 Å². The Kier molecular flexibility index (Phi) is 8.02. The van der Waals surface area contributed by atoms with Gasteiger partial charge in [-0.25, -0.2) is 29.3 Å². The second-order valence-corrected chi connectivity index (χ2v) is 9.66. The Labute approximate surface area is 250 Å². The van der Waals surface area contributed by atoms with E-state index in [2.05, 4.69) is 15.0 Å². The van der Waals surface area contributed by atoms with Gasteiger partial charge in [0.1, 0.15) is 30.6 Å². The Morgan fingerprint density at radius 3 is 1.86 bits per heavy atom. The molecule has 3 heterocycles. The van der Waals surface area contributed by atoms with E-state index in [4.69, 9.17) is 18.9 Å². The summed E-state index contributed by atoms with van der Waals surface area (Å²) in [4.78, 5) is 51.9. The van der Waals surface area contributed by atoms with Crippen LogP contribution in [0.2, 0.25) is 0 Å². The van der Waals surface area contributed by atoms with Crippen LogP contribution in [-0.4, -0.2) is 62.3 Å². The first kappa shape index (κ1) is 28.2. The van der Waals surface area contributed by atoms with Crippen LogP contribution in [0.3, 0.4) is 0 Å². The molecule has 44 heavy (non-hydrogen) atoms. The molecule has 1 saturated heterocycles. The van der Waals surface area contributed by atoms with Gasteiger partial charge in [0.15, 0.2) is 29.8 Å². The predicted molar refractivity (Wildman–Crippen MR) is 152 cm³/mol. The van der Waals surface area contributed by atoms with Gasteiger partial charge in [0.25, 0.3) is 0 Å². The molecule has 12 nitrogen and oxygen atoms in total. The normalized spacial score (nSPS) is 19.2. The maximum atomic E-state index is 13.3. The van der Waals surface area contributed by atoms with Gasteiger partial charge in [0.05, 0.1) is 23.0 Å². The quantitative estimate of drug-likeness (QED) is 0.191. The Bertz CT molecular complexity index is 1840. The number of nitrogens with zero attached hydrogens (tertiary/aromatic N) is 5. The number of nitriles is 1. The first-order chi connectivity index (χ1) is 21.5. The molecule has 0 saturated carbocycles. The van der Waals surface area contributed by atoms with E-state index in [-0.39, 0.29) is 34.6 Å². The van der Waals surface area contributed by atoms with E-state index in [1.807, 2.05) is 6.07 Å². The number of imidazole rings is 1. The van der Waals surface area contributed by atoms with Crippen LogP contribution in [0.25, 0.3) is 11.2 Å². The molecule has 12 heteroatoms. The van der Waals surface area contributed by atoms with Crippen LogP contribution < -0.4 is 0 Å². The SMILES string of the molecule is N#Cc1ncnc2c1ncn2[C@@H]1O[C@H](COC(=O)c2ccccc2)[C@@H](OC(=O)c2ccccc2)[C@H]1OC(=O)c1ccccc1. The summed E-state index contributed by atoms with van der Waals surface area (Å²) in [6, 6.07) is 26.9. The lowest BCUT2D eigenvalue weighted by Crippen LogP contribution is -2.41. The summed E-state index contributed by atoms with van der Waals surface area (Å²) in [5, 5.41) is 9.52. The van der Waals surface area contributed by atoms with Crippen molar-refractivity contribution in [3.63, 3.8) is 0 Å². The lowest BCUT2D eigenvalue weighted by molar-refractivity contribution is -0.0606. The van der Waals surface area contributed by atoms with Crippen LogP contribution in [0.1, 0.15) is 43.0 Å². The highest BCUT2D eigenvalue weighted by molar-refractivity contribution is 5.91. The Morgan fingerprint density at radius 1 is 0.750 bits per heavy atom. The Hall–Kier alpha value is -5.93. The molecule has 0 unspecified atom stereocenters. The second-order valence-electron chi connectivity index (χ2n) is 9.66. The van der Waals surface area contributed by atoms with Gasteiger partial charge in [0, 0.05) is 0 Å². The highest BCUT2D eigenvalue weighted by Crippen LogP contribution is 2.37. The molecule has 4 atom stereocenters. The predicted octanol–water partition coefficient (Wildman–Crippen LogP) is 3.90. The molecule has 0 bridgehead atoms. The fourth-order valence-corrected chi connectivity index (χ4v) is 4.80. The minimum absolute atomic E-state index is 0.0324. The number of rotatable bonds is 8. The van der Waals surface area contributed by atoms with E-state index in [9.17, 15) is 19.6 Å². The molecule has 5 aromatic rings. The third-order valence-electron chi connectivity index (χ3n) is 6.92. The first-order valence-corrected chi connectivity index (χ1v) is 13.5. The Morgan fingerprint density at radius 2 is 1.30 bits per heavy atom. The molecule has 0 amide bonds. The molecular formula is C32H23N5O7. The summed E-state index contributed by atoms with van der Waals surface area (Å²) < 4.78 is 25.3. The number of hydrogen-bond donors (Lipinski definition) is 0. The molecule has 0 aliphatic carbocycles. The first-order valence-electron chi connectivity index (χ1n) is 13.5. The molecule has 0 spiro atoms. The van der Waals surface area contributed by atoms with Gasteiger partial charge in [0.2, 0.25) is 0 Å². The number of aromatic nitrogens is 4. The lowest BCUT2D eigenvalue weighted by Gasteiger charge is -2.25. The van der Waals surface area contributed by atoms with Crippen LogP contribution in [-0.2, 0) is 18.9 Å². The summed E-state index contributed by atoms with van der Waals surface area (Å²) in [5.41, 5.74) is 1.27. The van der Waals surface area contributed by atoms with Crippen molar-refractivity contribution in [1.82, 2.24) is 19.5 Å². The molecule has 0 radical (unpaired) electrons. The zero-order valence-electron chi connectivity index (χ0n) is 22.9. The van der Waals surface area contributed by atoms with Crippen molar-refractivity contribution in [1.29, 1.82) is 5.26 Å². The smallest absolute Gasteiger partial charge is 0.338 e. The van der Waals surface area contributed by atoms with Crippen molar-refractivity contribution in [2.45, 2.75) is 24.5 Å². The molecular weight excluding hydrogens is 566 g/mol. The van der Waals surface area contributed by atoms with Crippen molar-refractivity contribution in [2.75, 3.05) is 6.61 Å². The highest BCUT2D eigenvalue weighted by atomic mass is 16.7. The van der Waals surface area contributed by atoms with Crippen molar-refractivity contribution >= 4 is 29.1 Å². The zero-order valence-corrected chi connectivity index (χ0v) is 22.9. The number of fused-ring (bicyclic) bond motifs is 1. The van der Waals surface area contributed by atoms with E-state index in [0.29, 0.717) is 5.56 Å². The standard InChI is InChI=1S/C32H23N5O7/c33-16-23-25-28(35-18-34-23)37(19-36-25)29-27(44-32(40)22-14-8-3-9-15-22)26(43-31(39)21-12-6-2-7-13-21)24(42-29)17-41-30(38)20-10-4-1-5-11-20/h1-15,18-19,24,26-27,29H,17H2/t24-,26-,27-,29-/m1/s1. The van der Waals surface area contributed by atoms with Crippen LogP contribution in [0.4, 0.5) is 0 Å². The molecule has 3 aromatic carbocycles. The van der Waals surface area contributed by atoms with Gasteiger partial charge in [-0.2, -0.15) is 5.26 Å². The van der Waals surface area contributed by atoms with Gasteiger partial charge < -0.3 is 18.9 Å². The van der Waals surface area contributed by atoms with Gasteiger partial charge in [-0.3, -0.25) is 4.57 Å². The third kappa shape index (κ3) is 5.72. The van der Waals surface area contributed by atoms with Crippen LogP contribution in [0.5, 0.6) is 0 Å². The van der Waals surface area contributed by atoms with Crippen LogP contribution >= 0.6 is 0 Å². The maximum Gasteiger partial charge on any atom is 0.338 e. The van der Waals surface area contributed by atoms with E-state index in [1.54, 1.807) is 91.0 Å². The molecule has 218 valence electrons. The highest BCUT2D eigenvalue weighted by Gasteiger charge is 2.52. The van der Waals surface area contributed by atoms with Crippen LogP contribution in [0, 0.1) is 11.3 Å². The fourth-order valence-electron chi connectivity index (χ4n) is 4.80. The van der Waals surface area contributed by atoms with Crippen molar-refractivity contribution in [3.05, 3.63) is 126 Å². The summed E-state index contributed by atoms with van der Waals surface area (Å²) in [5.74, 6) is -2.03.